The average Bonchev–Trinajstić information content (AvgIpc) is 2.71. The van der Waals surface area contributed by atoms with E-state index in [-0.39, 0.29) is 11.7 Å². The van der Waals surface area contributed by atoms with Crippen LogP contribution in [0, 0.1) is 0 Å². The number of nitrogens with one attached hydrogen (secondary N) is 1. The Kier molecular flexibility index (Phi) is 6.08. The van der Waals surface area contributed by atoms with Crippen molar-refractivity contribution in [1.29, 1.82) is 0 Å². The van der Waals surface area contributed by atoms with E-state index in [1.807, 2.05) is 32.0 Å². The fraction of sp³-hybridized carbons (Fsp3) is 0.250. The Morgan fingerprint density at radius 2 is 2.07 bits per heavy atom. The van der Waals surface area contributed by atoms with Gasteiger partial charge < -0.3 is 9.84 Å². The Morgan fingerprint density at radius 1 is 1.27 bits per heavy atom. The second kappa shape index (κ2) is 8.60. The number of nitrogens with zero attached hydrogens (tertiary/aromatic N) is 3. The zero-order chi connectivity index (χ0) is 21.4. The lowest BCUT2D eigenvalue weighted by molar-refractivity contribution is -0.116. The molecular weight excluding hydrogens is 536 g/mol. The molecule has 0 saturated carbocycles. The highest BCUT2D eigenvalue weighted by Gasteiger charge is 2.35. The number of phenols is 1. The first kappa shape index (κ1) is 21.2. The molecule has 0 aromatic heterocycles. The molecule has 2 aromatic rings. The van der Waals surface area contributed by atoms with E-state index in [1.165, 1.54) is 11.8 Å². The van der Waals surface area contributed by atoms with Gasteiger partial charge in [-0.2, -0.15) is 0 Å². The second-order valence-electron chi connectivity index (χ2n) is 6.43. The standard InChI is InChI=1S/C20H18Br2N4O3S/c1-3-29-15-8-10(7-13(22)17(15)27)18-23-14-6-5-11(21)9-12(14)16-19(28)24-20(30-4-2)25-26(16)18/h5-9,18,27H,3-4H2,1-2H3,(H,24,25,28). The molecule has 2 N–H and O–H groups in total. The number of amides is 1. The van der Waals surface area contributed by atoms with Gasteiger partial charge in [-0.05, 0) is 58.9 Å². The normalized spacial score (nSPS) is 17.5. The Labute approximate surface area is 194 Å². The summed E-state index contributed by atoms with van der Waals surface area (Å²) in [6, 6.07) is 9.11. The van der Waals surface area contributed by atoms with Crippen LogP contribution in [0.2, 0.25) is 0 Å². The largest absolute Gasteiger partial charge is 0.503 e. The van der Waals surface area contributed by atoms with E-state index in [0.717, 1.165) is 15.8 Å². The number of thioether (sulfide) groups is 1. The number of carbonyl (C=O) groups is 1. The van der Waals surface area contributed by atoms with E-state index in [2.05, 4.69) is 42.3 Å². The van der Waals surface area contributed by atoms with E-state index in [4.69, 9.17) is 9.73 Å². The smallest absolute Gasteiger partial charge is 0.276 e. The maximum atomic E-state index is 13.0. The molecule has 156 valence electrons. The lowest BCUT2D eigenvalue weighted by atomic mass is 10.1. The highest BCUT2D eigenvalue weighted by molar-refractivity contribution is 9.10. The number of hydrogen-bond acceptors (Lipinski definition) is 7. The van der Waals surface area contributed by atoms with Crippen molar-refractivity contribution in [3.8, 4) is 11.5 Å². The van der Waals surface area contributed by atoms with E-state index in [1.54, 1.807) is 17.1 Å². The minimum atomic E-state index is -0.594. The molecule has 30 heavy (non-hydrogen) atoms. The lowest BCUT2D eigenvalue weighted by Crippen LogP contribution is -2.50. The van der Waals surface area contributed by atoms with Crippen LogP contribution in [0.5, 0.6) is 11.5 Å². The van der Waals surface area contributed by atoms with Gasteiger partial charge in [0, 0.05) is 15.3 Å². The maximum Gasteiger partial charge on any atom is 0.276 e. The summed E-state index contributed by atoms with van der Waals surface area (Å²) in [6.45, 7) is 4.24. The van der Waals surface area contributed by atoms with Gasteiger partial charge in [-0.3, -0.25) is 15.1 Å². The van der Waals surface area contributed by atoms with Crippen LogP contribution in [-0.2, 0) is 4.79 Å². The SMILES string of the molecule is CCOc1cc(C2N=c3ccc(Br)cc3=C3C(=O)NC(SCC)=NN32)cc(Br)c1O. The number of halogens is 2. The van der Waals surface area contributed by atoms with Crippen LogP contribution in [0.15, 0.2) is 49.4 Å². The molecule has 1 atom stereocenters. The van der Waals surface area contributed by atoms with Gasteiger partial charge in [0.15, 0.2) is 22.8 Å². The summed E-state index contributed by atoms with van der Waals surface area (Å²) in [6.07, 6.45) is -0.594. The molecule has 2 aliphatic heterocycles. The molecule has 4 rings (SSSR count). The number of carbonyl (C=O) groups excluding carboxylic acids is 1. The third kappa shape index (κ3) is 3.83. The van der Waals surface area contributed by atoms with Gasteiger partial charge in [0.05, 0.1) is 16.4 Å². The molecule has 0 saturated heterocycles. The van der Waals surface area contributed by atoms with Crippen molar-refractivity contribution in [2.24, 2.45) is 10.1 Å². The predicted molar refractivity (Wildman–Crippen MR) is 124 cm³/mol. The number of phenolic OH excluding ortho intramolecular Hbond substituents is 1. The topological polar surface area (TPSA) is 86.5 Å². The third-order valence-corrected chi connectivity index (χ3v) is 6.34. The maximum absolute atomic E-state index is 13.0. The predicted octanol–water partition coefficient (Wildman–Crippen LogP) is 3.21. The molecule has 0 fully saturated rings. The van der Waals surface area contributed by atoms with E-state index >= 15 is 0 Å². The zero-order valence-electron chi connectivity index (χ0n) is 16.1. The lowest BCUT2D eigenvalue weighted by Gasteiger charge is -2.34. The van der Waals surface area contributed by atoms with E-state index < -0.39 is 6.17 Å². The van der Waals surface area contributed by atoms with Gasteiger partial charge in [-0.15, -0.1) is 5.10 Å². The van der Waals surface area contributed by atoms with E-state index in [9.17, 15) is 9.90 Å². The van der Waals surface area contributed by atoms with Gasteiger partial charge in [-0.25, -0.2) is 5.01 Å². The first-order valence-electron chi connectivity index (χ1n) is 9.27. The summed E-state index contributed by atoms with van der Waals surface area (Å²) in [7, 11) is 0. The number of benzene rings is 2. The van der Waals surface area contributed by atoms with Crippen LogP contribution in [0.4, 0.5) is 0 Å². The Hall–Kier alpha value is -2.04. The van der Waals surface area contributed by atoms with Crippen LogP contribution in [0.3, 0.4) is 0 Å². The van der Waals surface area contributed by atoms with Gasteiger partial charge in [0.2, 0.25) is 0 Å². The summed E-state index contributed by atoms with van der Waals surface area (Å²) in [4.78, 5) is 17.9. The van der Waals surface area contributed by atoms with Crippen molar-refractivity contribution in [1.82, 2.24) is 10.3 Å². The minimum Gasteiger partial charge on any atom is -0.503 e. The molecule has 10 heteroatoms. The van der Waals surface area contributed by atoms with Gasteiger partial charge in [0.1, 0.15) is 5.70 Å². The number of aromatic hydroxyl groups is 1. The van der Waals surface area contributed by atoms with Crippen molar-refractivity contribution in [2.45, 2.75) is 20.0 Å². The second-order valence-corrected chi connectivity index (χ2v) is 9.45. The average molecular weight is 554 g/mol. The highest BCUT2D eigenvalue weighted by Crippen LogP contribution is 2.40. The molecule has 1 amide bonds. The Balaban J connectivity index is 1.96. The van der Waals surface area contributed by atoms with Crippen molar-refractivity contribution in [3.63, 3.8) is 0 Å². The van der Waals surface area contributed by atoms with Gasteiger partial charge >= 0.3 is 0 Å². The summed E-state index contributed by atoms with van der Waals surface area (Å²) in [5, 5.41) is 21.4. The Bertz CT molecular complexity index is 1190. The van der Waals surface area contributed by atoms with Crippen molar-refractivity contribution < 1.29 is 14.6 Å². The molecule has 0 radical (unpaired) electrons. The first-order chi connectivity index (χ1) is 14.4. The molecule has 0 aliphatic carbocycles. The molecule has 1 unspecified atom stereocenters. The number of ether oxygens (including phenoxy) is 1. The third-order valence-electron chi connectivity index (χ3n) is 4.50. The fourth-order valence-corrected chi connectivity index (χ4v) is 4.68. The summed E-state index contributed by atoms with van der Waals surface area (Å²) in [5.41, 5.74) is 1.16. The Morgan fingerprint density at radius 3 is 2.80 bits per heavy atom. The number of rotatable bonds is 4. The van der Waals surface area contributed by atoms with Crippen LogP contribution in [-0.4, -0.2) is 33.6 Å². The summed E-state index contributed by atoms with van der Waals surface area (Å²) >= 11 is 8.31. The number of amidine groups is 1. The van der Waals surface area contributed by atoms with Gasteiger partial charge in [-0.1, -0.05) is 34.6 Å². The highest BCUT2D eigenvalue weighted by atomic mass is 79.9. The van der Waals surface area contributed by atoms with Crippen LogP contribution < -0.4 is 20.6 Å². The van der Waals surface area contributed by atoms with Gasteiger partial charge in [0.25, 0.3) is 5.91 Å². The van der Waals surface area contributed by atoms with E-state index in [0.29, 0.717) is 38.3 Å². The molecule has 2 aromatic carbocycles. The van der Waals surface area contributed by atoms with Crippen LogP contribution >= 0.6 is 43.6 Å². The van der Waals surface area contributed by atoms with Crippen molar-refractivity contribution >= 4 is 60.4 Å². The molecule has 0 bridgehead atoms. The summed E-state index contributed by atoms with van der Waals surface area (Å²) < 4.78 is 6.91. The molecule has 2 heterocycles. The van der Waals surface area contributed by atoms with Crippen LogP contribution in [0.1, 0.15) is 25.6 Å². The summed E-state index contributed by atoms with van der Waals surface area (Å²) in [5.74, 6) is 0.898. The number of hydrazone groups is 1. The quantitative estimate of drug-likeness (QED) is 0.607. The number of fused-ring (bicyclic) bond motifs is 2. The minimum absolute atomic E-state index is 0.0204. The molecule has 0 spiro atoms. The monoisotopic (exact) mass is 552 g/mol. The van der Waals surface area contributed by atoms with Crippen molar-refractivity contribution in [3.05, 3.63) is 55.4 Å². The van der Waals surface area contributed by atoms with Crippen molar-refractivity contribution in [2.75, 3.05) is 12.4 Å². The molecule has 2 aliphatic rings. The van der Waals surface area contributed by atoms with Crippen LogP contribution in [0.25, 0.3) is 5.70 Å². The molecule has 7 nitrogen and oxygen atoms in total. The zero-order valence-corrected chi connectivity index (χ0v) is 20.1. The first-order valence-corrected chi connectivity index (χ1v) is 11.8. The number of hydrogen-bond donors (Lipinski definition) is 2. The molecular formula is C20H18Br2N4O3S. The fourth-order valence-electron chi connectivity index (χ4n) is 3.28.